The number of carbonyl (C=O) groups excluding carboxylic acids is 1. The molecule has 1 saturated heterocycles. The van der Waals surface area contributed by atoms with Crippen LogP contribution in [-0.2, 0) is 0 Å². The normalized spacial score (nSPS) is 25.5. The molecule has 3 atom stereocenters. The highest BCUT2D eigenvalue weighted by molar-refractivity contribution is 5.92. The summed E-state index contributed by atoms with van der Waals surface area (Å²) in [5.41, 5.74) is 0.427. The maximum atomic E-state index is 12.6. The quantitative estimate of drug-likeness (QED) is 0.846. The molecule has 124 valence electrons. The minimum Gasteiger partial charge on any atom is -0.355 e. The zero-order valence-electron chi connectivity index (χ0n) is 13.6. The first-order valence-corrected chi connectivity index (χ1v) is 8.30. The van der Waals surface area contributed by atoms with Crippen LogP contribution in [-0.4, -0.2) is 57.2 Å². The molecule has 0 spiro atoms. The molecule has 24 heavy (non-hydrogen) atoms. The molecule has 3 heterocycles. The molecule has 2 aromatic heterocycles. The zero-order valence-corrected chi connectivity index (χ0v) is 13.6. The van der Waals surface area contributed by atoms with Gasteiger partial charge in [0.15, 0.2) is 5.82 Å². The van der Waals surface area contributed by atoms with E-state index in [1.807, 2.05) is 17.0 Å². The standard InChI is InChI=1S/C17H20N6O/c1-22(16-3-2-6-20-21-16)15-5-4-12-10-23(11-13(12)15)17(24)14-9-18-7-8-19-14/h2-3,6-9,12-13,15H,4-5,10-11H2,1H3/t12-,13+,15-/m1/s1. The van der Waals surface area contributed by atoms with Crippen LogP contribution in [0.3, 0.4) is 0 Å². The molecule has 1 aliphatic heterocycles. The molecule has 1 amide bonds. The number of rotatable bonds is 3. The molecular weight excluding hydrogens is 304 g/mol. The van der Waals surface area contributed by atoms with Gasteiger partial charge in [-0.1, -0.05) is 0 Å². The van der Waals surface area contributed by atoms with Gasteiger partial charge >= 0.3 is 0 Å². The second-order valence-corrected chi connectivity index (χ2v) is 6.56. The van der Waals surface area contributed by atoms with Gasteiger partial charge in [0.1, 0.15) is 5.69 Å². The van der Waals surface area contributed by atoms with Gasteiger partial charge in [-0.25, -0.2) is 4.98 Å². The van der Waals surface area contributed by atoms with Gasteiger partial charge < -0.3 is 9.80 Å². The topological polar surface area (TPSA) is 75.1 Å². The Balaban J connectivity index is 1.48. The Labute approximate surface area is 140 Å². The molecule has 2 fully saturated rings. The molecule has 0 aromatic carbocycles. The Morgan fingerprint density at radius 2 is 2.17 bits per heavy atom. The van der Waals surface area contributed by atoms with Crippen LogP contribution in [0.5, 0.6) is 0 Å². The average Bonchev–Trinajstić information content (AvgIpc) is 3.22. The van der Waals surface area contributed by atoms with E-state index in [0.29, 0.717) is 23.6 Å². The molecule has 0 radical (unpaired) electrons. The minimum absolute atomic E-state index is 0.0154. The third kappa shape index (κ3) is 2.60. The third-order valence-corrected chi connectivity index (χ3v) is 5.31. The van der Waals surface area contributed by atoms with Gasteiger partial charge in [-0.05, 0) is 30.9 Å². The van der Waals surface area contributed by atoms with E-state index in [9.17, 15) is 4.79 Å². The van der Waals surface area contributed by atoms with Crippen molar-refractivity contribution in [2.24, 2.45) is 11.8 Å². The maximum Gasteiger partial charge on any atom is 0.274 e. The van der Waals surface area contributed by atoms with Crippen LogP contribution >= 0.6 is 0 Å². The molecule has 1 saturated carbocycles. The summed E-state index contributed by atoms with van der Waals surface area (Å²) in [6.45, 7) is 1.58. The first-order chi connectivity index (χ1) is 11.7. The summed E-state index contributed by atoms with van der Waals surface area (Å²) in [6.07, 6.45) is 8.65. The number of hydrogen-bond donors (Lipinski definition) is 0. The van der Waals surface area contributed by atoms with Crippen molar-refractivity contribution in [3.05, 3.63) is 42.6 Å². The van der Waals surface area contributed by atoms with E-state index in [0.717, 1.165) is 31.7 Å². The van der Waals surface area contributed by atoms with Crippen LogP contribution in [0.25, 0.3) is 0 Å². The highest BCUT2D eigenvalue weighted by Gasteiger charge is 2.46. The number of nitrogens with zero attached hydrogens (tertiary/aromatic N) is 6. The Bertz CT molecular complexity index is 710. The Kier molecular flexibility index (Phi) is 3.84. The van der Waals surface area contributed by atoms with Crippen molar-refractivity contribution < 1.29 is 4.79 Å². The highest BCUT2D eigenvalue weighted by atomic mass is 16.2. The number of carbonyl (C=O) groups is 1. The lowest BCUT2D eigenvalue weighted by atomic mass is 9.97. The fourth-order valence-corrected chi connectivity index (χ4v) is 4.11. The van der Waals surface area contributed by atoms with Crippen molar-refractivity contribution in [2.45, 2.75) is 18.9 Å². The van der Waals surface area contributed by atoms with E-state index in [2.05, 4.69) is 32.1 Å². The monoisotopic (exact) mass is 324 g/mol. The number of likely N-dealkylation sites (tertiary alicyclic amines) is 1. The summed E-state index contributed by atoms with van der Waals surface area (Å²) in [6, 6.07) is 4.29. The van der Waals surface area contributed by atoms with Gasteiger partial charge in [-0.3, -0.25) is 9.78 Å². The highest BCUT2D eigenvalue weighted by Crippen LogP contribution is 2.41. The van der Waals surface area contributed by atoms with Crippen molar-refractivity contribution >= 4 is 11.7 Å². The average molecular weight is 324 g/mol. The van der Waals surface area contributed by atoms with Gasteiger partial charge in [-0.15, -0.1) is 5.10 Å². The van der Waals surface area contributed by atoms with E-state index < -0.39 is 0 Å². The first kappa shape index (κ1) is 15.0. The van der Waals surface area contributed by atoms with Crippen LogP contribution in [0, 0.1) is 11.8 Å². The molecule has 7 heteroatoms. The van der Waals surface area contributed by atoms with Crippen molar-refractivity contribution in [3.8, 4) is 0 Å². The van der Waals surface area contributed by atoms with Gasteiger partial charge in [-0.2, -0.15) is 5.10 Å². The van der Waals surface area contributed by atoms with Crippen molar-refractivity contribution in [2.75, 3.05) is 25.0 Å². The number of anilines is 1. The number of amides is 1. The van der Waals surface area contributed by atoms with Gasteiger partial charge in [0.2, 0.25) is 0 Å². The second kappa shape index (κ2) is 6.14. The largest absolute Gasteiger partial charge is 0.355 e. The van der Waals surface area contributed by atoms with E-state index >= 15 is 0 Å². The summed E-state index contributed by atoms with van der Waals surface area (Å²) in [7, 11) is 2.07. The lowest BCUT2D eigenvalue weighted by Crippen LogP contribution is -2.39. The fraction of sp³-hybridized carbons (Fsp3) is 0.471. The summed E-state index contributed by atoms with van der Waals surface area (Å²) < 4.78 is 0. The fourth-order valence-electron chi connectivity index (χ4n) is 4.11. The zero-order chi connectivity index (χ0) is 16.5. The maximum absolute atomic E-state index is 12.6. The first-order valence-electron chi connectivity index (χ1n) is 8.30. The predicted octanol–water partition coefficient (Wildman–Crippen LogP) is 1.25. The second-order valence-electron chi connectivity index (χ2n) is 6.56. The number of hydrogen-bond acceptors (Lipinski definition) is 6. The van der Waals surface area contributed by atoms with Crippen LogP contribution in [0.15, 0.2) is 36.9 Å². The van der Waals surface area contributed by atoms with E-state index in [1.165, 1.54) is 0 Å². The van der Waals surface area contributed by atoms with Gasteiger partial charge in [0, 0.05) is 50.7 Å². The summed E-state index contributed by atoms with van der Waals surface area (Å²) in [5.74, 6) is 1.90. The van der Waals surface area contributed by atoms with Crippen LogP contribution in [0.1, 0.15) is 23.3 Å². The molecule has 0 N–H and O–H groups in total. The van der Waals surface area contributed by atoms with Crippen LogP contribution in [0.4, 0.5) is 5.82 Å². The molecule has 0 unspecified atom stereocenters. The Morgan fingerprint density at radius 1 is 1.25 bits per heavy atom. The van der Waals surface area contributed by atoms with Crippen molar-refractivity contribution in [3.63, 3.8) is 0 Å². The number of aromatic nitrogens is 4. The lowest BCUT2D eigenvalue weighted by molar-refractivity contribution is 0.0773. The molecular formula is C17H20N6O. The molecule has 1 aliphatic carbocycles. The molecule has 0 bridgehead atoms. The number of fused-ring (bicyclic) bond motifs is 1. The molecule has 2 aromatic rings. The Morgan fingerprint density at radius 3 is 2.92 bits per heavy atom. The van der Waals surface area contributed by atoms with Crippen molar-refractivity contribution in [1.29, 1.82) is 0 Å². The van der Waals surface area contributed by atoms with E-state index in [1.54, 1.807) is 24.8 Å². The minimum atomic E-state index is -0.0154. The van der Waals surface area contributed by atoms with Crippen LogP contribution in [0.2, 0.25) is 0 Å². The van der Waals surface area contributed by atoms with Crippen LogP contribution < -0.4 is 4.90 Å². The lowest BCUT2D eigenvalue weighted by Gasteiger charge is -2.30. The van der Waals surface area contributed by atoms with E-state index in [-0.39, 0.29) is 5.91 Å². The SMILES string of the molecule is CN(c1cccnn1)[C@@H]1CC[C@@H]2CN(C(=O)c3cnccn3)C[C@@H]21. The summed E-state index contributed by atoms with van der Waals surface area (Å²) in [5, 5.41) is 8.19. The molecule has 2 aliphatic rings. The molecule has 7 nitrogen and oxygen atoms in total. The van der Waals surface area contributed by atoms with Gasteiger partial charge in [0.25, 0.3) is 5.91 Å². The summed E-state index contributed by atoms with van der Waals surface area (Å²) >= 11 is 0. The van der Waals surface area contributed by atoms with Gasteiger partial charge in [0.05, 0.1) is 6.20 Å². The molecule has 4 rings (SSSR count). The smallest absolute Gasteiger partial charge is 0.274 e. The van der Waals surface area contributed by atoms with E-state index in [4.69, 9.17) is 0 Å². The third-order valence-electron chi connectivity index (χ3n) is 5.31. The predicted molar refractivity (Wildman–Crippen MR) is 88.4 cm³/mol. The van der Waals surface area contributed by atoms with Crippen molar-refractivity contribution in [1.82, 2.24) is 25.1 Å². The Hall–Kier alpha value is -2.57. The summed E-state index contributed by atoms with van der Waals surface area (Å²) in [4.78, 5) is 24.9.